The topological polar surface area (TPSA) is 111 Å². The molecule has 1 aromatic carbocycles. The smallest absolute Gasteiger partial charge is 0.255 e. The molecular weight excluding hydrogens is 432 g/mol. The first-order valence-electron chi connectivity index (χ1n) is 11.1. The number of carbonyl (C=O) groups is 2. The van der Waals surface area contributed by atoms with Gasteiger partial charge in [-0.1, -0.05) is 12.1 Å². The lowest BCUT2D eigenvalue weighted by Gasteiger charge is -2.26. The fourth-order valence-corrected chi connectivity index (χ4v) is 3.97. The Bertz CT molecular complexity index is 1210. The maximum atomic E-state index is 12.9. The van der Waals surface area contributed by atoms with Crippen LogP contribution in [0.2, 0.25) is 0 Å². The van der Waals surface area contributed by atoms with Crippen molar-refractivity contribution in [1.82, 2.24) is 14.9 Å². The van der Waals surface area contributed by atoms with Crippen LogP contribution in [-0.4, -0.2) is 58.4 Å². The number of benzene rings is 1. The molecular formula is C25H26N6O3. The van der Waals surface area contributed by atoms with Crippen molar-refractivity contribution in [2.45, 2.75) is 19.3 Å². The number of hydrogen-bond donors (Lipinski definition) is 2. The Hall–Kier alpha value is -4.11. The third-order valence-corrected chi connectivity index (χ3v) is 5.67. The van der Waals surface area contributed by atoms with E-state index in [1.165, 1.54) is 6.20 Å². The summed E-state index contributed by atoms with van der Waals surface area (Å²) in [4.78, 5) is 38.5. The van der Waals surface area contributed by atoms with Crippen LogP contribution in [0.25, 0.3) is 11.1 Å². The Labute approximate surface area is 197 Å². The standard InChI is InChI=1S/C25H26N6O3/c1-26-23(22-9-6-10-28-24(22)31(34)17-32)29-21-8-5-7-18(14-21)19-13-20(16-27-15-19)25(33)30-11-3-2-4-12-30/h5-10,13-17,34H,2-4,11-12H2,1H3,(H,26,29). The van der Waals surface area contributed by atoms with Gasteiger partial charge in [0.2, 0.25) is 6.41 Å². The van der Waals surface area contributed by atoms with E-state index in [0.717, 1.165) is 49.2 Å². The largest absolute Gasteiger partial charge is 0.340 e. The van der Waals surface area contributed by atoms with E-state index in [0.29, 0.717) is 22.0 Å². The van der Waals surface area contributed by atoms with Gasteiger partial charge in [-0.3, -0.25) is 24.8 Å². The van der Waals surface area contributed by atoms with Gasteiger partial charge in [-0.05, 0) is 55.2 Å². The molecule has 2 aromatic heterocycles. The Balaban J connectivity index is 1.58. The molecule has 9 nitrogen and oxygen atoms in total. The van der Waals surface area contributed by atoms with Crippen LogP contribution in [0.4, 0.5) is 11.5 Å². The Morgan fingerprint density at radius 3 is 2.71 bits per heavy atom. The molecule has 2 amide bonds. The first-order chi connectivity index (χ1) is 16.6. The number of nitrogens with one attached hydrogen (secondary N) is 1. The first kappa shape index (κ1) is 23.1. The predicted molar refractivity (Wildman–Crippen MR) is 130 cm³/mol. The number of aliphatic imine (C=N–C) groups is 1. The van der Waals surface area contributed by atoms with E-state index in [1.807, 2.05) is 35.2 Å². The molecule has 0 spiro atoms. The van der Waals surface area contributed by atoms with E-state index in [9.17, 15) is 14.8 Å². The first-order valence-corrected chi connectivity index (χ1v) is 11.1. The molecule has 2 N–H and O–H groups in total. The van der Waals surface area contributed by atoms with Crippen molar-refractivity contribution in [3.8, 4) is 11.1 Å². The summed E-state index contributed by atoms with van der Waals surface area (Å²) in [5.41, 5.74) is 3.47. The van der Waals surface area contributed by atoms with Gasteiger partial charge in [0.1, 0.15) is 5.84 Å². The number of amidine groups is 1. The number of pyridine rings is 2. The van der Waals surface area contributed by atoms with Gasteiger partial charge in [-0.2, -0.15) is 5.06 Å². The number of anilines is 2. The molecule has 0 bridgehead atoms. The summed E-state index contributed by atoms with van der Waals surface area (Å²) in [5, 5.41) is 13.5. The number of piperidine rings is 1. The van der Waals surface area contributed by atoms with E-state index < -0.39 is 0 Å². The summed E-state index contributed by atoms with van der Waals surface area (Å²) < 4.78 is 0. The van der Waals surface area contributed by atoms with Crippen LogP contribution >= 0.6 is 0 Å². The van der Waals surface area contributed by atoms with Crippen molar-refractivity contribution < 1.29 is 14.8 Å². The highest BCUT2D eigenvalue weighted by Crippen LogP contribution is 2.25. The monoisotopic (exact) mass is 458 g/mol. The normalized spacial score (nSPS) is 13.9. The number of aromatic nitrogens is 2. The molecule has 34 heavy (non-hydrogen) atoms. The van der Waals surface area contributed by atoms with Gasteiger partial charge >= 0.3 is 0 Å². The minimum absolute atomic E-state index is 0.0107. The second kappa shape index (κ2) is 10.7. The molecule has 9 heteroatoms. The summed E-state index contributed by atoms with van der Waals surface area (Å²) in [6.07, 6.45) is 8.32. The minimum atomic E-state index is 0.0107. The highest BCUT2D eigenvalue weighted by atomic mass is 16.5. The summed E-state index contributed by atoms with van der Waals surface area (Å²) >= 11 is 0. The fraction of sp³-hybridized carbons (Fsp3) is 0.240. The number of likely N-dealkylation sites (tertiary alicyclic amines) is 1. The zero-order valence-electron chi connectivity index (χ0n) is 18.9. The van der Waals surface area contributed by atoms with Crippen LogP contribution in [0.3, 0.4) is 0 Å². The van der Waals surface area contributed by atoms with E-state index in [1.54, 1.807) is 31.6 Å². The minimum Gasteiger partial charge on any atom is -0.340 e. The molecule has 3 aromatic rings. The number of rotatable bonds is 6. The van der Waals surface area contributed by atoms with Crippen molar-refractivity contribution in [2.24, 2.45) is 4.99 Å². The van der Waals surface area contributed by atoms with Crippen LogP contribution in [-0.2, 0) is 4.79 Å². The number of nitrogens with zero attached hydrogens (tertiary/aromatic N) is 5. The molecule has 174 valence electrons. The number of carbonyl (C=O) groups excluding carboxylic acids is 2. The average molecular weight is 459 g/mol. The maximum Gasteiger partial charge on any atom is 0.255 e. The van der Waals surface area contributed by atoms with E-state index >= 15 is 0 Å². The molecule has 0 saturated carbocycles. The van der Waals surface area contributed by atoms with Gasteiger partial charge in [-0.25, -0.2) is 4.98 Å². The molecule has 1 aliphatic heterocycles. The van der Waals surface area contributed by atoms with Crippen molar-refractivity contribution in [1.29, 1.82) is 0 Å². The van der Waals surface area contributed by atoms with Gasteiger partial charge < -0.3 is 10.2 Å². The lowest BCUT2D eigenvalue weighted by atomic mass is 10.0. The van der Waals surface area contributed by atoms with Crippen LogP contribution in [0.5, 0.6) is 0 Å². The molecule has 3 heterocycles. The Morgan fingerprint density at radius 1 is 1.12 bits per heavy atom. The molecule has 1 saturated heterocycles. The van der Waals surface area contributed by atoms with Crippen molar-refractivity contribution in [2.75, 3.05) is 30.5 Å². The van der Waals surface area contributed by atoms with E-state index in [4.69, 9.17) is 0 Å². The molecule has 0 radical (unpaired) electrons. The summed E-state index contributed by atoms with van der Waals surface area (Å²) in [6, 6.07) is 12.9. The third kappa shape index (κ3) is 5.10. The van der Waals surface area contributed by atoms with E-state index in [-0.39, 0.29) is 18.1 Å². The van der Waals surface area contributed by atoms with Gasteiger partial charge in [-0.15, -0.1) is 0 Å². The lowest BCUT2D eigenvalue weighted by Crippen LogP contribution is -2.35. The van der Waals surface area contributed by atoms with Crippen molar-refractivity contribution in [3.63, 3.8) is 0 Å². The fourth-order valence-electron chi connectivity index (χ4n) is 3.97. The number of hydroxylamine groups is 1. The second-order valence-electron chi connectivity index (χ2n) is 7.92. The maximum absolute atomic E-state index is 12.9. The number of hydrogen-bond acceptors (Lipinski definition) is 6. The van der Waals surface area contributed by atoms with Crippen LogP contribution in [0.15, 0.2) is 66.0 Å². The van der Waals surface area contributed by atoms with Gasteiger partial charge in [0.25, 0.3) is 5.91 Å². The highest BCUT2D eigenvalue weighted by molar-refractivity contribution is 6.12. The summed E-state index contributed by atoms with van der Waals surface area (Å²) in [6.45, 7) is 1.57. The van der Waals surface area contributed by atoms with Crippen LogP contribution in [0.1, 0.15) is 35.2 Å². The SMILES string of the molecule is CN=C(Nc1cccc(-c2cncc(C(=O)N3CCCCC3)c2)c1)c1cccnc1N(O)C=O. The number of amides is 2. The lowest BCUT2D eigenvalue weighted by molar-refractivity contribution is -0.111. The Kier molecular flexibility index (Phi) is 7.24. The molecule has 1 fully saturated rings. The van der Waals surface area contributed by atoms with E-state index in [2.05, 4.69) is 20.3 Å². The van der Waals surface area contributed by atoms with Gasteiger partial charge in [0, 0.05) is 50.0 Å². The van der Waals surface area contributed by atoms with Gasteiger partial charge in [0.15, 0.2) is 5.82 Å². The van der Waals surface area contributed by atoms with Crippen molar-refractivity contribution in [3.05, 3.63) is 72.2 Å². The zero-order chi connectivity index (χ0) is 23.9. The van der Waals surface area contributed by atoms with Gasteiger partial charge in [0.05, 0.1) is 11.1 Å². The van der Waals surface area contributed by atoms with Crippen molar-refractivity contribution >= 4 is 29.7 Å². The average Bonchev–Trinajstić information content (AvgIpc) is 2.91. The Morgan fingerprint density at radius 2 is 1.94 bits per heavy atom. The molecule has 1 aliphatic rings. The molecule has 0 aliphatic carbocycles. The second-order valence-corrected chi connectivity index (χ2v) is 7.92. The molecule has 0 unspecified atom stereocenters. The summed E-state index contributed by atoms with van der Waals surface area (Å²) in [7, 11) is 1.60. The predicted octanol–water partition coefficient (Wildman–Crippen LogP) is 3.61. The molecule has 0 atom stereocenters. The highest BCUT2D eigenvalue weighted by Gasteiger charge is 2.19. The summed E-state index contributed by atoms with van der Waals surface area (Å²) in [5.74, 6) is 0.500. The quantitative estimate of drug-likeness (QED) is 0.192. The zero-order valence-corrected chi connectivity index (χ0v) is 18.9. The van der Waals surface area contributed by atoms with Crippen LogP contribution < -0.4 is 10.4 Å². The third-order valence-electron chi connectivity index (χ3n) is 5.67. The molecule has 4 rings (SSSR count). The van der Waals surface area contributed by atoms with Crippen LogP contribution in [0, 0.1) is 0 Å².